The molecule has 8 nitrogen and oxygen atoms in total. The van der Waals surface area contributed by atoms with Gasteiger partial charge in [-0.1, -0.05) is 6.07 Å². The minimum absolute atomic E-state index is 0.00860. The van der Waals surface area contributed by atoms with Crippen molar-refractivity contribution in [1.82, 2.24) is 9.80 Å². The summed E-state index contributed by atoms with van der Waals surface area (Å²) in [5, 5.41) is 0. The second kappa shape index (κ2) is 11.9. The average molecular weight is 418 g/mol. The molecule has 2 amide bonds. The molecule has 0 bridgehead atoms. The van der Waals surface area contributed by atoms with Gasteiger partial charge in [-0.15, -0.1) is 0 Å². The lowest BCUT2D eigenvalue weighted by Crippen LogP contribution is -2.43. The van der Waals surface area contributed by atoms with Gasteiger partial charge in [-0.05, 0) is 36.2 Å². The number of amides is 2. The summed E-state index contributed by atoms with van der Waals surface area (Å²) in [7, 11) is 4.74. The Bertz CT molecular complexity index is 806. The maximum atomic E-state index is 13.0. The normalized spacial score (nSPS) is 10.5. The quantitative estimate of drug-likeness (QED) is 0.526. The summed E-state index contributed by atoms with van der Waals surface area (Å²) in [6.07, 6.45) is 2.19. The number of nitrogens with zero attached hydrogens (tertiary/aromatic N) is 2. The van der Waals surface area contributed by atoms with Gasteiger partial charge in [-0.2, -0.15) is 0 Å². The smallest absolute Gasteiger partial charge is 0.242 e. The zero-order chi connectivity index (χ0) is 21.9. The number of carbonyl (C=O) groups excluding carboxylic acids is 2. The van der Waals surface area contributed by atoms with E-state index >= 15 is 0 Å². The molecule has 2 rings (SSSR count). The van der Waals surface area contributed by atoms with Crippen LogP contribution >= 0.6 is 0 Å². The standard InChI is InChI=1S/C22H30N2O6/c1-17(25)23(11-13-27-2)16-22(26)24(15-19-6-5-12-30-19)10-9-18-7-8-20(28-3)21(14-18)29-4/h5-8,12,14H,9-11,13,15-16H2,1-4H3. The topological polar surface area (TPSA) is 81.5 Å². The average Bonchev–Trinajstić information content (AvgIpc) is 3.26. The first-order chi connectivity index (χ1) is 14.5. The molecule has 8 heteroatoms. The molecule has 30 heavy (non-hydrogen) atoms. The van der Waals surface area contributed by atoms with E-state index in [4.69, 9.17) is 18.6 Å². The Morgan fingerprint density at radius 2 is 1.77 bits per heavy atom. The molecule has 1 heterocycles. The summed E-state index contributed by atoms with van der Waals surface area (Å²) in [5.41, 5.74) is 1.01. The van der Waals surface area contributed by atoms with E-state index in [1.165, 1.54) is 11.8 Å². The van der Waals surface area contributed by atoms with Crippen LogP contribution in [0.15, 0.2) is 41.0 Å². The second-order valence-electron chi connectivity index (χ2n) is 6.77. The van der Waals surface area contributed by atoms with Crippen LogP contribution in [-0.4, -0.2) is 69.2 Å². The third kappa shape index (κ3) is 6.81. The van der Waals surface area contributed by atoms with E-state index in [0.717, 1.165) is 5.56 Å². The SMILES string of the molecule is COCCN(CC(=O)N(CCc1ccc(OC)c(OC)c1)Cc1ccco1)C(C)=O. The monoisotopic (exact) mass is 418 g/mol. The van der Waals surface area contributed by atoms with Crippen molar-refractivity contribution >= 4 is 11.8 Å². The van der Waals surface area contributed by atoms with E-state index < -0.39 is 0 Å². The molecule has 0 atom stereocenters. The van der Waals surface area contributed by atoms with E-state index in [-0.39, 0.29) is 18.4 Å². The first kappa shape index (κ1) is 23.3. The molecule has 0 aliphatic rings. The van der Waals surface area contributed by atoms with Gasteiger partial charge in [0.15, 0.2) is 11.5 Å². The number of methoxy groups -OCH3 is 3. The molecule has 0 spiro atoms. The van der Waals surface area contributed by atoms with Gasteiger partial charge in [0.2, 0.25) is 11.8 Å². The lowest BCUT2D eigenvalue weighted by molar-refractivity contribution is -0.140. The van der Waals surface area contributed by atoms with E-state index in [9.17, 15) is 9.59 Å². The van der Waals surface area contributed by atoms with E-state index in [1.54, 1.807) is 38.6 Å². The minimum Gasteiger partial charge on any atom is -0.493 e. The highest BCUT2D eigenvalue weighted by atomic mass is 16.5. The first-order valence-corrected chi connectivity index (χ1v) is 9.74. The predicted octanol–water partition coefficient (Wildman–Crippen LogP) is 2.36. The van der Waals surface area contributed by atoms with E-state index in [0.29, 0.717) is 49.9 Å². The Labute approximate surface area is 177 Å². The number of hydrogen-bond donors (Lipinski definition) is 0. The summed E-state index contributed by atoms with van der Waals surface area (Å²) < 4.78 is 21.1. The molecular weight excluding hydrogens is 388 g/mol. The molecule has 2 aromatic rings. The van der Waals surface area contributed by atoms with Crippen LogP contribution in [0.5, 0.6) is 11.5 Å². The molecule has 1 aromatic heterocycles. The van der Waals surface area contributed by atoms with Gasteiger partial charge in [0, 0.05) is 27.1 Å². The predicted molar refractivity (Wildman–Crippen MR) is 112 cm³/mol. The van der Waals surface area contributed by atoms with Crippen LogP contribution in [0.1, 0.15) is 18.2 Å². The number of carbonyl (C=O) groups is 2. The maximum Gasteiger partial charge on any atom is 0.242 e. The molecule has 0 radical (unpaired) electrons. The van der Waals surface area contributed by atoms with Gasteiger partial charge in [0.25, 0.3) is 0 Å². The zero-order valence-corrected chi connectivity index (χ0v) is 18.1. The van der Waals surface area contributed by atoms with Crippen LogP contribution in [0, 0.1) is 0 Å². The van der Waals surface area contributed by atoms with Gasteiger partial charge in [0.1, 0.15) is 5.76 Å². The Hall–Kier alpha value is -3.00. The van der Waals surface area contributed by atoms with Crippen LogP contribution in [0.25, 0.3) is 0 Å². The van der Waals surface area contributed by atoms with Crippen molar-refractivity contribution in [1.29, 1.82) is 0 Å². The fraction of sp³-hybridized carbons (Fsp3) is 0.455. The first-order valence-electron chi connectivity index (χ1n) is 9.74. The van der Waals surface area contributed by atoms with Crippen LogP contribution in [0.2, 0.25) is 0 Å². The molecule has 1 aromatic carbocycles. The summed E-state index contributed by atoms with van der Waals surface area (Å²) in [4.78, 5) is 28.1. The Morgan fingerprint density at radius 1 is 1.00 bits per heavy atom. The molecule has 0 unspecified atom stereocenters. The van der Waals surface area contributed by atoms with Crippen molar-refractivity contribution < 1.29 is 28.2 Å². The second-order valence-corrected chi connectivity index (χ2v) is 6.77. The Balaban J connectivity index is 2.10. The largest absolute Gasteiger partial charge is 0.493 e. The lowest BCUT2D eigenvalue weighted by Gasteiger charge is -2.26. The number of ether oxygens (including phenoxy) is 3. The van der Waals surface area contributed by atoms with Crippen molar-refractivity contribution in [2.45, 2.75) is 19.9 Å². The van der Waals surface area contributed by atoms with Crippen molar-refractivity contribution in [3.63, 3.8) is 0 Å². The number of rotatable bonds is 12. The number of hydrogen-bond acceptors (Lipinski definition) is 6. The molecule has 0 fully saturated rings. The van der Waals surface area contributed by atoms with Gasteiger partial charge >= 0.3 is 0 Å². The van der Waals surface area contributed by atoms with E-state index in [1.807, 2.05) is 24.3 Å². The molecule has 0 N–H and O–H groups in total. The third-order valence-electron chi connectivity index (χ3n) is 4.73. The highest BCUT2D eigenvalue weighted by Gasteiger charge is 2.20. The number of furan rings is 1. The molecule has 0 saturated carbocycles. The van der Waals surface area contributed by atoms with E-state index in [2.05, 4.69) is 0 Å². The zero-order valence-electron chi connectivity index (χ0n) is 18.1. The molecule has 0 aliphatic carbocycles. The maximum absolute atomic E-state index is 13.0. The van der Waals surface area contributed by atoms with Gasteiger partial charge in [-0.3, -0.25) is 9.59 Å². The Kier molecular flexibility index (Phi) is 9.21. The van der Waals surface area contributed by atoms with Crippen molar-refractivity contribution in [3.8, 4) is 11.5 Å². The lowest BCUT2D eigenvalue weighted by atomic mass is 10.1. The van der Waals surface area contributed by atoms with Crippen molar-refractivity contribution in [2.75, 3.05) is 47.6 Å². The summed E-state index contributed by atoms with van der Waals surface area (Å²) in [6.45, 7) is 2.97. The van der Waals surface area contributed by atoms with Crippen LogP contribution < -0.4 is 9.47 Å². The minimum atomic E-state index is -0.168. The summed E-state index contributed by atoms with van der Waals surface area (Å²) >= 11 is 0. The van der Waals surface area contributed by atoms with Crippen LogP contribution in [-0.2, 0) is 27.3 Å². The number of benzene rings is 1. The molecular formula is C22H30N2O6. The highest BCUT2D eigenvalue weighted by molar-refractivity contribution is 5.83. The van der Waals surface area contributed by atoms with Crippen LogP contribution in [0.4, 0.5) is 0 Å². The van der Waals surface area contributed by atoms with Gasteiger partial charge in [-0.25, -0.2) is 0 Å². The van der Waals surface area contributed by atoms with Crippen molar-refractivity contribution in [3.05, 3.63) is 47.9 Å². The molecule has 0 saturated heterocycles. The van der Waals surface area contributed by atoms with Gasteiger partial charge < -0.3 is 28.4 Å². The van der Waals surface area contributed by atoms with Crippen LogP contribution in [0.3, 0.4) is 0 Å². The van der Waals surface area contributed by atoms with Crippen molar-refractivity contribution in [2.24, 2.45) is 0 Å². The fourth-order valence-electron chi connectivity index (χ4n) is 3.00. The Morgan fingerprint density at radius 3 is 2.37 bits per heavy atom. The third-order valence-corrected chi connectivity index (χ3v) is 4.73. The molecule has 164 valence electrons. The summed E-state index contributed by atoms with van der Waals surface area (Å²) in [5.74, 6) is 1.65. The van der Waals surface area contributed by atoms with Gasteiger partial charge in [0.05, 0.1) is 40.2 Å². The fourth-order valence-corrected chi connectivity index (χ4v) is 3.00. The molecule has 0 aliphatic heterocycles. The highest BCUT2D eigenvalue weighted by Crippen LogP contribution is 2.27. The summed E-state index contributed by atoms with van der Waals surface area (Å²) in [6, 6.07) is 9.29.